The molecule has 0 aliphatic carbocycles. The fourth-order valence-corrected chi connectivity index (χ4v) is 2.90. The van der Waals surface area contributed by atoms with Crippen LogP contribution in [0.4, 0.5) is 0 Å². The topological polar surface area (TPSA) is 83.7 Å². The minimum Gasteiger partial charge on any atom is -0.374 e. The maximum atomic E-state index is 12.1. The van der Waals surface area contributed by atoms with Crippen molar-refractivity contribution in [2.75, 3.05) is 46.4 Å². The number of ether oxygens (including phenoxy) is 1. The summed E-state index contributed by atoms with van der Waals surface area (Å²) in [5.74, 6) is 1.84. The Morgan fingerprint density at radius 3 is 2.96 bits per heavy atom. The fraction of sp³-hybridized carbons (Fsp3) is 0.824. The molecular formula is C17H31N5O3. The Hall–Kier alpha value is -1.51. The minimum atomic E-state index is -0.0256. The lowest BCUT2D eigenvalue weighted by Crippen LogP contribution is -2.49. The highest BCUT2D eigenvalue weighted by molar-refractivity contribution is 5.77. The van der Waals surface area contributed by atoms with Gasteiger partial charge < -0.3 is 14.6 Å². The first-order valence-corrected chi connectivity index (χ1v) is 9.07. The number of hydrogen-bond donors (Lipinski definition) is 1. The molecule has 1 aromatic rings. The van der Waals surface area contributed by atoms with Crippen LogP contribution in [0.25, 0.3) is 0 Å². The van der Waals surface area contributed by atoms with Crippen molar-refractivity contribution in [3.8, 4) is 0 Å². The van der Waals surface area contributed by atoms with Crippen LogP contribution in [0, 0.1) is 5.92 Å². The van der Waals surface area contributed by atoms with Crippen LogP contribution < -0.4 is 5.32 Å². The summed E-state index contributed by atoms with van der Waals surface area (Å²) in [5, 5.41) is 6.82. The number of amides is 1. The van der Waals surface area contributed by atoms with E-state index >= 15 is 0 Å². The maximum absolute atomic E-state index is 12.1. The summed E-state index contributed by atoms with van der Waals surface area (Å²) >= 11 is 0. The number of rotatable bonds is 9. The Morgan fingerprint density at radius 2 is 2.28 bits per heavy atom. The van der Waals surface area contributed by atoms with Crippen molar-refractivity contribution in [1.82, 2.24) is 25.3 Å². The van der Waals surface area contributed by atoms with Crippen molar-refractivity contribution < 1.29 is 14.1 Å². The van der Waals surface area contributed by atoms with Gasteiger partial charge in [-0.2, -0.15) is 4.98 Å². The molecule has 1 unspecified atom stereocenters. The van der Waals surface area contributed by atoms with Gasteiger partial charge in [-0.05, 0) is 13.0 Å². The summed E-state index contributed by atoms with van der Waals surface area (Å²) in [5.41, 5.74) is 0. The third kappa shape index (κ3) is 7.09. The second-order valence-electron chi connectivity index (χ2n) is 7.08. The third-order valence-electron chi connectivity index (χ3n) is 4.02. The summed E-state index contributed by atoms with van der Waals surface area (Å²) in [7, 11) is 1.86. The molecule has 2 heterocycles. The number of aromatic nitrogens is 2. The number of carbonyl (C=O) groups excluding carboxylic acids is 1. The number of nitrogens with zero attached hydrogens (tertiary/aromatic N) is 4. The van der Waals surface area contributed by atoms with Gasteiger partial charge in [-0.25, -0.2) is 0 Å². The zero-order valence-electron chi connectivity index (χ0n) is 15.8. The molecule has 8 heteroatoms. The second kappa shape index (κ2) is 9.84. The Morgan fingerprint density at radius 1 is 1.48 bits per heavy atom. The normalized spacial score (nSPS) is 18.9. The van der Waals surface area contributed by atoms with Gasteiger partial charge in [0.1, 0.15) is 0 Å². The molecule has 0 saturated carbocycles. The first kappa shape index (κ1) is 19.8. The molecule has 1 saturated heterocycles. The van der Waals surface area contributed by atoms with Crippen molar-refractivity contribution in [3.63, 3.8) is 0 Å². The van der Waals surface area contributed by atoms with Gasteiger partial charge in [-0.1, -0.05) is 25.9 Å². The molecule has 1 fully saturated rings. The van der Waals surface area contributed by atoms with Gasteiger partial charge in [0, 0.05) is 32.6 Å². The van der Waals surface area contributed by atoms with Crippen LogP contribution in [-0.4, -0.2) is 78.3 Å². The first-order valence-electron chi connectivity index (χ1n) is 9.07. The van der Waals surface area contributed by atoms with Gasteiger partial charge in [-0.15, -0.1) is 0 Å². The molecule has 1 N–H and O–H groups in total. The van der Waals surface area contributed by atoms with Crippen LogP contribution in [0.1, 0.15) is 32.5 Å². The Bertz CT molecular complexity index is 534. The van der Waals surface area contributed by atoms with Crippen LogP contribution >= 0.6 is 0 Å². The SMILES string of the molecule is CCc1noc(CN(C)CC(=O)NCC2CN(CC(C)C)CCO2)n1. The molecule has 1 amide bonds. The predicted octanol–water partition coefficient (Wildman–Crippen LogP) is 0.537. The lowest BCUT2D eigenvalue weighted by atomic mass is 10.2. The maximum Gasteiger partial charge on any atom is 0.240 e. The molecule has 25 heavy (non-hydrogen) atoms. The minimum absolute atomic E-state index is 0.0256. The molecule has 1 aliphatic heterocycles. The van der Waals surface area contributed by atoms with Gasteiger partial charge in [0.15, 0.2) is 5.82 Å². The number of likely N-dealkylation sites (N-methyl/N-ethyl adjacent to an activating group) is 1. The van der Waals surface area contributed by atoms with E-state index in [9.17, 15) is 4.79 Å². The number of nitrogens with one attached hydrogen (secondary N) is 1. The van der Waals surface area contributed by atoms with E-state index < -0.39 is 0 Å². The summed E-state index contributed by atoms with van der Waals surface area (Å²) in [6.45, 7) is 11.3. The van der Waals surface area contributed by atoms with Crippen LogP contribution in [0.5, 0.6) is 0 Å². The number of morpholine rings is 1. The summed E-state index contributed by atoms with van der Waals surface area (Å²) in [4.78, 5) is 20.6. The third-order valence-corrected chi connectivity index (χ3v) is 4.02. The molecule has 142 valence electrons. The lowest BCUT2D eigenvalue weighted by Gasteiger charge is -2.34. The van der Waals surface area contributed by atoms with E-state index in [0.29, 0.717) is 30.7 Å². The van der Waals surface area contributed by atoms with Crippen LogP contribution in [0.2, 0.25) is 0 Å². The second-order valence-corrected chi connectivity index (χ2v) is 7.08. The molecule has 0 bridgehead atoms. The Balaban J connectivity index is 1.67. The summed E-state index contributed by atoms with van der Waals surface area (Å²) < 4.78 is 10.9. The molecule has 0 aromatic carbocycles. The van der Waals surface area contributed by atoms with Crippen LogP contribution in [-0.2, 0) is 22.5 Å². The molecule has 0 radical (unpaired) electrons. The molecule has 0 spiro atoms. The van der Waals surface area contributed by atoms with Crippen molar-refractivity contribution >= 4 is 5.91 Å². The Labute approximate surface area is 149 Å². The fourth-order valence-electron chi connectivity index (χ4n) is 2.90. The van der Waals surface area contributed by atoms with Crippen molar-refractivity contribution in [2.24, 2.45) is 5.92 Å². The van der Waals surface area contributed by atoms with Crippen molar-refractivity contribution in [1.29, 1.82) is 0 Å². The van der Waals surface area contributed by atoms with Crippen molar-refractivity contribution in [3.05, 3.63) is 11.7 Å². The van der Waals surface area contributed by atoms with E-state index in [-0.39, 0.29) is 18.6 Å². The quantitative estimate of drug-likeness (QED) is 0.693. The zero-order valence-corrected chi connectivity index (χ0v) is 15.8. The zero-order chi connectivity index (χ0) is 18.2. The Kier molecular flexibility index (Phi) is 7.80. The average molecular weight is 353 g/mol. The molecule has 1 atom stereocenters. The van der Waals surface area contributed by atoms with Gasteiger partial charge in [0.05, 0.1) is 25.8 Å². The lowest BCUT2D eigenvalue weighted by molar-refractivity contribution is -0.123. The molecule has 1 aliphatic rings. The highest BCUT2D eigenvalue weighted by atomic mass is 16.5. The van der Waals surface area contributed by atoms with Gasteiger partial charge >= 0.3 is 0 Å². The molecular weight excluding hydrogens is 322 g/mol. The van der Waals surface area contributed by atoms with E-state index in [1.807, 2.05) is 18.9 Å². The number of aryl methyl sites for hydroxylation is 1. The summed E-state index contributed by atoms with van der Waals surface area (Å²) in [6, 6.07) is 0. The van der Waals surface area contributed by atoms with E-state index in [0.717, 1.165) is 32.7 Å². The molecule has 2 rings (SSSR count). The number of carbonyl (C=O) groups is 1. The van der Waals surface area contributed by atoms with Crippen LogP contribution in [0.3, 0.4) is 0 Å². The monoisotopic (exact) mass is 353 g/mol. The largest absolute Gasteiger partial charge is 0.374 e. The van der Waals surface area contributed by atoms with E-state index in [1.54, 1.807) is 0 Å². The average Bonchev–Trinajstić information content (AvgIpc) is 3.00. The van der Waals surface area contributed by atoms with Crippen molar-refractivity contribution in [2.45, 2.75) is 39.8 Å². The van der Waals surface area contributed by atoms with Gasteiger partial charge in [-0.3, -0.25) is 14.6 Å². The standard InChI is InChI=1S/C17H31N5O3/c1-5-15-19-17(25-20-15)12-21(4)11-16(23)18-8-14-10-22(6-7-24-14)9-13(2)3/h13-14H,5-12H2,1-4H3,(H,18,23). The van der Waals surface area contributed by atoms with E-state index in [4.69, 9.17) is 9.26 Å². The summed E-state index contributed by atoms with van der Waals surface area (Å²) in [6.07, 6.45) is 0.799. The van der Waals surface area contributed by atoms with Gasteiger partial charge in [0.2, 0.25) is 11.8 Å². The molecule has 8 nitrogen and oxygen atoms in total. The highest BCUT2D eigenvalue weighted by Gasteiger charge is 2.21. The van der Waals surface area contributed by atoms with Gasteiger partial charge in [0.25, 0.3) is 0 Å². The first-order chi connectivity index (χ1) is 12.0. The van der Waals surface area contributed by atoms with Crippen LogP contribution in [0.15, 0.2) is 4.52 Å². The number of hydrogen-bond acceptors (Lipinski definition) is 7. The van der Waals surface area contributed by atoms with E-state index in [2.05, 4.69) is 34.2 Å². The van der Waals surface area contributed by atoms with E-state index in [1.165, 1.54) is 0 Å². The predicted molar refractivity (Wildman–Crippen MR) is 94.0 cm³/mol. The highest BCUT2D eigenvalue weighted by Crippen LogP contribution is 2.07. The molecule has 1 aromatic heterocycles. The smallest absolute Gasteiger partial charge is 0.240 e.